The fourth-order valence-electron chi connectivity index (χ4n) is 0.652. The number of rotatable bonds is 3. The van der Waals surface area contributed by atoms with Crippen LogP contribution in [-0.4, -0.2) is 36.2 Å². The van der Waals surface area contributed by atoms with Gasteiger partial charge in [-0.05, 0) is 7.05 Å². The number of ether oxygens (including phenoxy) is 1. The summed E-state index contributed by atoms with van der Waals surface area (Å²) < 4.78 is 4.96. The molecule has 1 aliphatic rings. The van der Waals surface area contributed by atoms with Crippen LogP contribution in [0.2, 0.25) is 0 Å². The first-order valence-electron chi connectivity index (χ1n) is 2.81. The number of alkyl halides is 2. The third-order valence-corrected chi connectivity index (χ3v) is 1.78. The van der Waals surface area contributed by atoms with Gasteiger partial charge in [-0.3, -0.25) is 4.90 Å². The lowest BCUT2D eigenvalue weighted by atomic mass is 10.6. The molecule has 2 nitrogen and oxygen atoms in total. The molecule has 0 amide bonds. The van der Waals surface area contributed by atoms with E-state index in [-0.39, 0.29) is 11.8 Å². The summed E-state index contributed by atoms with van der Waals surface area (Å²) in [4.78, 5) is 1.99. The molecule has 1 heterocycles. The van der Waals surface area contributed by atoms with Crippen LogP contribution < -0.4 is 0 Å². The largest absolute Gasteiger partial charge is 0.336 e. The molecule has 0 aromatic heterocycles. The zero-order valence-corrected chi connectivity index (χ0v) is 6.69. The summed E-state index contributed by atoms with van der Waals surface area (Å²) in [5.41, 5.74) is -0.113. The van der Waals surface area contributed by atoms with E-state index in [9.17, 15) is 0 Å². The molecule has 2 atom stereocenters. The molecule has 54 valence electrons. The molecule has 0 saturated carbocycles. The summed E-state index contributed by atoms with van der Waals surface area (Å²) in [5.74, 6) is 0.625. The smallest absolute Gasteiger partial charge is 0.172 e. The summed E-state index contributed by atoms with van der Waals surface area (Å²) in [7, 11) is 1.94. The molecule has 1 rings (SSSR count). The van der Waals surface area contributed by atoms with Gasteiger partial charge in [0.05, 0.1) is 0 Å². The van der Waals surface area contributed by atoms with E-state index in [1.54, 1.807) is 0 Å². The van der Waals surface area contributed by atoms with Crippen LogP contribution >= 0.6 is 23.2 Å². The Morgan fingerprint density at radius 2 is 2.22 bits per heavy atom. The molecule has 0 aliphatic carbocycles. The predicted octanol–water partition coefficient (Wildman–Crippen LogP) is 1.08. The molecular formula is C5H9Cl2NO. The highest BCUT2D eigenvalue weighted by Gasteiger charge is 2.39. The number of hydrogen-bond acceptors (Lipinski definition) is 2. The lowest BCUT2D eigenvalue weighted by molar-refractivity contribution is 0.221. The van der Waals surface area contributed by atoms with Crippen LogP contribution in [0.4, 0.5) is 0 Å². The van der Waals surface area contributed by atoms with Crippen molar-refractivity contribution < 1.29 is 4.74 Å². The number of halogens is 2. The Balaban J connectivity index is 2.11. The highest BCUT2D eigenvalue weighted by molar-refractivity contribution is 6.21. The number of hydrogen-bond donors (Lipinski definition) is 0. The molecular weight excluding hydrogens is 161 g/mol. The van der Waals surface area contributed by atoms with Gasteiger partial charge < -0.3 is 4.74 Å². The highest BCUT2D eigenvalue weighted by Crippen LogP contribution is 2.27. The van der Waals surface area contributed by atoms with Gasteiger partial charge in [0, 0.05) is 12.4 Å². The molecule has 1 fully saturated rings. The van der Waals surface area contributed by atoms with Crippen molar-refractivity contribution in [2.75, 3.05) is 19.5 Å². The molecule has 4 heteroatoms. The van der Waals surface area contributed by atoms with Gasteiger partial charge in [-0.1, -0.05) is 11.6 Å². The van der Waals surface area contributed by atoms with Crippen LogP contribution in [0.25, 0.3) is 0 Å². The van der Waals surface area contributed by atoms with Gasteiger partial charge in [-0.2, -0.15) is 0 Å². The van der Waals surface area contributed by atoms with Gasteiger partial charge in [-0.15, -0.1) is 11.6 Å². The second kappa shape index (κ2) is 3.06. The summed E-state index contributed by atoms with van der Waals surface area (Å²) >= 11 is 11.1. The van der Waals surface area contributed by atoms with E-state index in [2.05, 4.69) is 0 Å². The Hall–Kier alpha value is 0.500. The molecule has 2 unspecified atom stereocenters. The van der Waals surface area contributed by atoms with E-state index < -0.39 is 0 Å². The number of epoxide rings is 1. The van der Waals surface area contributed by atoms with E-state index in [0.717, 1.165) is 6.54 Å². The van der Waals surface area contributed by atoms with Crippen molar-refractivity contribution in [1.82, 2.24) is 4.90 Å². The van der Waals surface area contributed by atoms with Crippen LogP contribution in [0, 0.1) is 0 Å². The van der Waals surface area contributed by atoms with Crippen molar-refractivity contribution in [2.45, 2.75) is 11.8 Å². The van der Waals surface area contributed by atoms with Crippen LogP contribution in [0.15, 0.2) is 0 Å². The Kier molecular flexibility index (Phi) is 2.59. The van der Waals surface area contributed by atoms with Gasteiger partial charge in [-0.25, -0.2) is 0 Å². The predicted molar refractivity (Wildman–Crippen MR) is 37.9 cm³/mol. The minimum Gasteiger partial charge on any atom is -0.336 e. The van der Waals surface area contributed by atoms with Crippen molar-refractivity contribution in [3.8, 4) is 0 Å². The normalized spacial score (nSPS) is 33.3. The van der Waals surface area contributed by atoms with Gasteiger partial charge in [0.15, 0.2) is 11.8 Å². The lowest BCUT2D eigenvalue weighted by Gasteiger charge is -2.09. The van der Waals surface area contributed by atoms with Gasteiger partial charge in [0.1, 0.15) is 0 Å². The van der Waals surface area contributed by atoms with Gasteiger partial charge in [0.25, 0.3) is 0 Å². The van der Waals surface area contributed by atoms with Crippen molar-refractivity contribution in [1.29, 1.82) is 0 Å². The third kappa shape index (κ3) is 1.97. The number of nitrogens with zero attached hydrogens (tertiary/aromatic N) is 1. The maximum atomic E-state index is 5.58. The van der Waals surface area contributed by atoms with E-state index in [1.165, 1.54) is 0 Å². The van der Waals surface area contributed by atoms with E-state index in [0.29, 0.717) is 5.88 Å². The summed E-state index contributed by atoms with van der Waals surface area (Å²) in [6.07, 6.45) is 0.102. The number of likely N-dealkylation sites (N-methyl/N-ethyl adjacent to an activating group) is 1. The zero-order chi connectivity index (χ0) is 6.85. The fourth-order valence-corrected chi connectivity index (χ4v) is 1.22. The molecule has 0 bridgehead atoms. The molecule has 0 spiro atoms. The molecule has 1 saturated heterocycles. The average molecular weight is 170 g/mol. The Bertz CT molecular complexity index is 101. The summed E-state index contributed by atoms with van der Waals surface area (Å²) in [5, 5.41) is 0. The van der Waals surface area contributed by atoms with Crippen molar-refractivity contribution in [3.05, 3.63) is 0 Å². The lowest BCUT2D eigenvalue weighted by Crippen LogP contribution is -2.24. The van der Waals surface area contributed by atoms with Crippen LogP contribution in [0.5, 0.6) is 0 Å². The van der Waals surface area contributed by atoms with E-state index in [1.807, 2.05) is 11.9 Å². The summed E-state index contributed by atoms with van der Waals surface area (Å²) in [6, 6.07) is 0. The maximum Gasteiger partial charge on any atom is 0.172 e. The maximum absolute atomic E-state index is 5.58. The molecule has 0 aromatic rings. The Morgan fingerprint density at radius 1 is 1.67 bits per heavy atom. The van der Waals surface area contributed by atoms with Crippen molar-refractivity contribution >= 4 is 23.2 Å². The standard InChI is InChI=1S/C5H9Cl2NO/c1-8(3-2-6)5-4(7)9-5/h4-5H,2-3H2,1H3. The third-order valence-electron chi connectivity index (χ3n) is 1.29. The minimum absolute atomic E-state index is 0.102. The highest BCUT2D eigenvalue weighted by atomic mass is 35.5. The average Bonchev–Trinajstić information content (AvgIpc) is 2.47. The fraction of sp³-hybridized carbons (Fsp3) is 1.00. The topological polar surface area (TPSA) is 15.8 Å². The Labute approximate surface area is 64.7 Å². The van der Waals surface area contributed by atoms with Crippen molar-refractivity contribution in [2.24, 2.45) is 0 Å². The first-order valence-corrected chi connectivity index (χ1v) is 3.78. The first kappa shape index (κ1) is 7.61. The molecule has 0 aromatic carbocycles. The second-order valence-electron chi connectivity index (χ2n) is 2.05. The first-order chi connectivity index (χ1) is 4.25. The summed E-state index contributed by atoms with van der Waals surface area (Å²) in [6.45, 7) is 0.829. The SMILES string of the molecule is CN(CCCl)C1OC1Cl. The van der Waals surface area contributed by atoms with E-state index >= 15 is 0 Å². The van der Waals surface area contributed by atoms with Gasteiger partial charge >= 0.3 is 0 Å². The van der Waals surface area contributed by atoms with Gasteiger partial charge in [0.2, 0.25) is 0 Å². The zero-order valence-electron chi connectivity index (χ0n) is 5.18. The van der Waals surface area contributed by atoms with Crippen LogP contribution in [-0.2, 0) is 4.74 Å². The second-order valence-corrected chi connectivity index (χ2v) is 2.86. The monoisotopic (exact) mass is 169 g/mol. The molecule has 1 aliphatic heterocycles. The molecule has 0 N–H and O–H groups in total. The molecule has 9 heavy (non-hydrogen) atoms. The Morgan fingerprint density at radius 3 is 2.56 bits per heavy atom. The minimum atomic E-state index is -0.113. The van der Waals surface area contributed by atoms with Crippen LogP contribution in [0.3, 0.4) is 0 Å². The molecule has 0 radical (unpaired) electrons. The van der Waals surface area contributed by atoms with Crippen molar-refractivity contribution in [3.63, 3.8) is 0 Å². The quantitative estimate of drug-likeness (QED) is 0.465. The van der Waals surface area contributed by atoms with Crippen LogP contribution in [0.1, 0.15) is 0 Å². The van der Waals surface area contributed by atoms with E-state index in [4.69, 9.17) is 27.9 Å².